The number of carbonyl (C=O) groups is 2. The van der Waals surface area contributed by atoms with E-state index in [1.807, 2.05) is 30.3 Å². The number of carbonyl (C=O) groups excluding carboxylic acids is 2. The van der Waals surface area contributed by atoms with Gasteiger partial charge in [0.1, 0.15) is 5.75 Å². The molecule has 1 saturated heterocycles. The van der Waals surface area contributed by atoms with Crippen LogP contribution in [-0.4, -0.2) is 54.4 Å². The maximum atomic E-state index is 12.4. The zero-order valence-electron chi connectivity index (χ0n) is 14.7. The molecule has 1 heterocycles. The minimum Gasteiger partial charge on any atom is -0.482 e. The summed E-state index contributed by atoms with van der Waals surface area (Å²) in [6.07, 6.45) is 0.382. The van der Waals surface area contributed by atoms with Crippen LogP contribution in [0.4, 0.5) is 0 Å². The van der Waals surface area contributed by atoms with Crippen LogP contribution in [0, 0.1) is 0 Å². The summed E-state index contributed by atoms with van der Waals surface area (Å²) in [6.45, 7) is 1.95. The van der Waals surface area contributed by atoms with Crippen LogP contribution in [0.5, 0.6) is 5.75 Å². The summed E-state index contributed by atoms with van der Waals surface area (Å²) in [7, 11) is 0. The van der Waals surface area contributed by atoms with E-state index >= 15 is 0 Å². The Labute approximate surface area is 168 Å². The first-order valence-electron chi connectivity index (χ1n) is 8.70. The van der Waals surface area contributed by atoms with Gasteiger partial charge in [-0.3, -0.25) is 9.59 Å². The molecule has 142 valence electrons. The van der Waals surface area contributed by atoms with Gasteiger partial charge in [0, 0.05) is 31.2 Å². The Kier molecular flexibility index (Phi) is 6.58. The number of rotatable bonds is 5. The van der Waals surface area contributed by atoms with Crippen LogP contribution in [0.2, 0.25) is 10.0 Å². The van der Waals surface area contributed by atoms with Gasteiger partial charge in [-0.1, -0.05) is 53.5 Å². The van der Waals surface area contributed by atoms with E-state index in [4.69, 9.17) is 27.9 Å². The maximum absolute atomic E-state index is 12.4. The van der Waals surface area contributed by atoms with Crippen molar-refractivity contribution in [2.45, 2.75) is 6.42 Å². The monoisotopic (exact) mass is 406 g/mol. The minimum absolute atomic E-state index is 0.0810. The van der Waals surface area contributed by atoms with Crippen molar-refractivity contribution in [1.29, 1.82) is 0 Å². The molecule has 0 spiro atoms. The van der Waals surface area contributed by atoms with Gasteiger partial charge in [-0.25, -0.2) is 0 Å². The van der Waals surface area contributed by atoms with Gasteiger partial charge in [-0.2, -0.15) is 0 Å². The molecule has 0 saturated carbocycles. The van der Waals surface area contributed by atoms with Crippen molar-refractivity contribution >= 4 is 35.0 Å². The fourth-order valence-electron chi connectivity index (χ4n) is 2.91. The van der Waals surface area contributed by atoms with E-state index in [9.17, 15) is 9.59 Å². The third-order valence-electron chi connectivity index (χ3n) is 4.43. The number of piperazine rings is 1. The fourth-order valence-corrected chi connectivity index (χ4v) is 3.37. The van der Waals surface area contributed by atoms with Crippen molar-refractivity contribution in [3.05, 3.63) is 64.1 Å². The highest BCUT2D eigenvalue weighted by atomic mass is 35.5. The zero-order chi connectivity index (χ0) is 19.2. The molecule has 2 aromatic carbocycles. The number of hydrogen-bond acceptors (Lipinski definition) is 3. The first-order valence-corrected chi connectivity index (χ1v) is 9.46. The summed E-state index contributed by atoms with van der Waals surface area (Å²) in [6, 6.07) is 14.5. The lowest BCUT2D eigenvalue weighted by atomic mass is 10.1. The van der Waals surface area contributed by atoms with Crippen LogP contribution in [0.25, 0.3) is 0 Å². The summed E-state index contributed by atoms with van der Waals surface area (Å²) in [5, 5.41) is 0.876. The van der Waals surface area contributed by atoms with Crippen LogP contribution < -0.4 is 4.74 Å². The van der Waals surface area contributed by atoms with E-state index < -0.39 is 0 Å². The maximum Gasteiger partial charge on any atom is 0.260 e. The second-order valence-electron chi connectivity index (χ2n) is 6.29. The number of amides is 2. The normalized spacial score (nSPS) is 14.1. The quantitative estimate of drug-likeness (QED) is 0.765. The van der Waals surface area contributed by atoms with Crippen molar-refractivity contribution in [2.75, 3.05) is 32.8 Å². The third-order valence-corrected chi connectivity index (χ3v) is 4.96. The van der Waals surface area contributed by atoms with Crippen molar-refractivity contribution in [1.82, 2.24) is 9.80 Å². The molecule has 7 heteroatoms. The van der Waals surface area contributed by atoms with Gasteiger partial charge in [0.15, 0.2) is 6.61 Å². The van der Waals surface area contributed by atoms with Crippen molar-refractivity contribution in [3.63, 3.8) is 0 Å². The van der Waals surface area contributed by atoms with E-state index in [1.54, 1.807) is 28.0 Å². The number of ether oxygens (including phenoxy) is 1. The smallest absolute Gasteiger partial charge is 0.260 e. The molecule has 1 aliphatic rings. The standard InChI is InChI=1S/C20H20Cl2N2O3/c21-16-6-7-18(17(22)13-16)27-14-20(26)24-10-8-23(9-11-24)19(25)12-15-4-2-1-3-5-15/h1-7,13H,8-12,14H2. The average Bonchev–Trinajstić information content (AvgIpc) is 2.68. The summed E-state index contributed by atoms with van der Waals surface area (Å²) in [5.41, 5.74) is 0.995. The average molecular weight is 407 g/mol. The molecule has 2 aromatic rings. The van der Waals surface area contributed by atoms with Gasteiger partial charge in [0.2, 0.25) is 5.91 Å². The van der Waals surface area contributed by atoms with Gasteiger partial charge < -0.3 is 14.5 Å². The van der Waals surface area contributed by atoms with Crippen molar-refractivity contribution in [2.24, 2.45) is 0 Å². The summed E-state index contributed by atoms with van der Waals surface area (Å²) in [5.74, 6) is 0.375. The van der Waals surface area contributed by atoms with E-state index in [1.165, 1.54) is 0 Å². The Hall–Kier alpha value is -2.24. The molecular weight excluding hydrogens is 387 g/mol. The SMILES string of the molecule is O=C(COc1ccc(Cl)cc1Cl)N1CCN(C(=O)Cc2ccccc2)CC1. The summed E-state index contributed by atoms with van der Waals surface area (Å²) < 4.78 is 5.50. The topological polar surface area (TPSA) is 49.9 Å². The van der Waals surface area contributed by atoms with Crippen LogP contribution in [0.1, 0.15) is 5.56 Å². The Morgan fingerprint density at radius 1 is 0.889 bits per heavy atom. The van der Waals surface area contributed by atoms with E-state index in [-0.39, 0.29) is 18.4 Å². The van der Waals surface area contributed by atoms with Crippen LogP contribution in [0.15, 0.2) is 48.5 Å². The van der Waals surface area contributed by atoms with Crippen molar-refractivity contribution in [3.8, 4) is 5.75 Å². The Bertz CT molecular complexity index is 806. The van der Waals surface area contributed by atoms with Crippen LogP contribution >= 0.6 is 23.2 Å². The lowest BCUT2D eigenvalue weighted by Gasteiger charge is -2.34. The highest BCUT2D eigenvalue weighted by Gasteiger charge is 2.24. The molecule has 0 radical (unpaired) electrons. The minimum atomic E-state index is -0.129. The number of nitrogens with zero attached hydrogens (tertiary/aromatic N) is 2. The van der Waals surface area contributed by atoms with Gasteiger partial charge in [0.05, 0.1) is 11.4 Å². The second-order valence-corrected chi connectivity index (χ2v) is 7.13. The molecule has 1 aliphatic heterocycles. The summed E-state index contributed by atoms with van der Waals surface area (Å²) >= 11 is 11.9. The molecule has 0 unspecified atom stereocenters. The molecule has 0 bridgehead atoms. The molecule has 0 N–H and O–H groups in total. The molecule has 2 amide bonds. The van der Waals surface area contributed by atoms with Crippen LogP contribution in [-0.2, 0) is 16.0 Å². The fraction of sp³-hybridized carbons (Fsp3) is 0.300. The summed E-state index contributed by atoms with van der Waals surface area (Å²) in [4.78, 5) is 28.2. The molecule has 1 fully saturated rings. The van der Waals surface area contributed by atoms with Crippen LogP contribution in [0.3, 0.4) is 0 Å². The lowest BCUT2D eigenvalue weighted by Crippen LogP contribution is -2.52. The zero-order valence-corrected chi connectivity index (χ0v) is 16.2. The molecule has 27 heavy (non-hydrogen) atoms. The third kappa shape index (κ3) is 5.37. The number of hydrogen-bond donors (Lipinski definition) is 0. The highest BCUT2D eigenvalue weighted by Crippen LogP contribution is 2.27. The first-order chi connectivity index (χ1) is 13.0. The van der Waals surface area contributed by atoms with E-state index in [2.05, 4.69) is 0 Å². The van der Waals surface area contributed by atoms with Gasteiger partial charge >= 0.3 is 0 Å². The largest absolute Gasteiger partial charge is 0.482 e. The molecule has 3 rings (SSSR count). The first kappa shape index (κ1) is 19.5. The Morgan fingerprint density at radius 2 is 1.52 bits per heavy atom. The molecule has 0 aromatic heterocycles. The molecule has 5 nitrogen and oxygen atoms in total. The molecule has 0 atom stereocenters. The Morgan fingerprint density at radius 3 is 2.15 bits per heavy atom. The lowest BCUT2D eigenvalue weighted by molar-refractivity contribution is -0.140. The van der Waals surface area contributed by atoms with E-state index in [0.717, 1.165) is 5.56 Å². The number of halogens is 2. The number of benzene rings is 2. The Balaban J connectivity index is 1.45. The molecular formula is C20H20Cl2N2O3. The highest BCUT2D eigenvalue weighted by molar-refractivity contribution is 6.35. The predicted octanol–water partition coefficient (Wildman–Crippen LogP) is 3.29. The van der Waals surface area contributed by atoms with Gasteiger partial charge in [-0.15, -0.1) is 0 Å². The van der Waals surface area contributed by atoms with Crippen molar-refractivity contribution < 1.29 is 14.3 Å². The predicted molar refractivity (Wildman–Crippen MR) is 105 cm³/mol. The van der Waals surface area contributed by atoms with Gasteiger partial charge in [-0.05, 0) is 23.8 Å². The van der Waals surface area contributed by atoms with E-state index in [0.29, 0.717) is 48.4 Å². The second kappa shape index (κ2) is 9.11. The van der Waals surface area contributed by atoms with Gasteiger partial charge in [0.25, 0.3) is 5.91 Å². The molecule has 0 aliphatic carbocycles.